The Labute approximate surface area is 135 Å². The van der Waals surface area contributed by atoms with Gasteiger partial charge in [-0.25, -0.2) is 5.84 Å². The van der Waals surface area contributed by atoms with E-state index in [9.17, 15) is 19.2 Å². The summed E-state index contributed by atoms with van der Waals surface area (Å²) < 4.78 is 0. The molecule has 0 saturated heterocycles. The molecule has 0 aliphatic rings. The number of carbonyl (C=O) groups excluding carboxylic acids is 4. The van der Waals surface area contributed by atoms with Gasteiger partial charge in [0.05, 0.1) is 0 Å². The van der Waals surface area contributed by atoms with Crippen LogP contribution in [0.4, 0.5) is 0 Å². The van der Waals surface area contributed by atoms with Gasteiger partial charge in [0.15, 0.2) is 0 Å². The van der Waals surface area contributed by atoms with E-state index >= 15 is 0 Å². The van der Waals surface area contributed by atoms with E-state index < -0.39 is 23.6 Å². The Hall–Kier alpha value is -3.66. The molecule has 0 aliphatic carbocycles. The molecular formula is C14H12N6O4. The highest BCUT2D eigenvalue weighted by Gasteiger charge is 2.30. The number of aromatic nitrogens is 2. The Balaban J connectivity index is 2.30. The van der Waals surface area contributed by atoms with Gasteiger partial charge in [0.2, 0.25) is 0 Å². The lowest BCUT2D eigenvalue weighted by Crippen LogP contribution is -2.55. The summed E-state index contributed by atoms with van der Waals surface area (Å²) in [6.07, 6.45) is 5.36. The molecule has 0 spiro atoms. The first-order valence-corrected chi connectivity index (χ1v) is 6.55. The number of hydrazine groups is 2. The number of amides is 4. The van der Waals surface area contributed by atoms with Gasteiger partial charge in [0, 0.05) is 35.9 Å². The first-order valence-electron chi connectivity index (χ1n) is 6.55. The van der Waals surface area contributed by atoms with Crippen LogP contribution in [0.3, 0.4) is 0 Å². The van der Waals surface area contributed by atoms with Crippen LogP contribution in [0.1, 0.15) is 20.7 Å². The summed E-state index contributed by atoms with van der Waals surface area (Å²) in [5.74, 6) is 0.583. The molecule has 0 radical (unpaired) electrons. The van der Waals surface area contributed by atoms with Crippen LogP contribution in [0, 0.1) is 0 Å². The standard InChI is InChI=1S/C14H12N6O4/c15-18-12(22)14(24)20(13(23)10-3-7-17-8-4-10)19-11(21)9-1-5-16-6-2-9/h1-8H,15H2,(H,18,22)(H,19,21). The van der Waals surface area contributed by atoms with E-state index in [0.29, 0.717) is 0 Å². The van der Waals surface area contributed by atoms with Crippen molar-refractivity contribution in [3.63, 3.8) is 0 Å². The van der Waals surface area contributed by atoms with Gasteiger partial charge in [0.25, 0.3) is 11.8 Å². The third-order valence-electron chi connectivity index (χ3n) is 2.81. The molecule has 2 aromatic heterocycles. The molecule has 0 atom stereocenters. The highest BCUT2D eigenvalue weighted by atomic mass is 16.2. The van der Waals surface area contributed by atoms with Crippen molar-refractivity contribution in [1.82, 2.24) is 25.8 Å². The number of carbonyl (C=O) groups is 4. The molecule has 0 fully saturated rings. The van der Waals surface area contributed by atoms with Crippen LogP contribution in [-0.4, -0.2) is 38.6 Å². The minimum absolute atomic E-state index is 0.0400. The average molecular weight is 328 g/mol. The molecule has 2 aromatic rings. The maximum Gasteiger partial charge on any atom is 0.339 e. The molecule has 4 amide bonds. The highest BCUT2D eigenvalue weighted by Crippen LogP contribution is 2.04. The Morgan fingerprint density at radius 3 is 1.88 bits per heavy atom. The number of pyridine rings is 2. The lowest BCUT2D eigenvalue weighted by Gasteiger charge is -2.20. The Kier molecular flexibility index (Phi) is 5.26. The Morgan fingerprint density at radius 2 is 1.38 bits per heavy atom. The van der Waals surface area contributed by atoms with E-state index in [4.69, 9.17) is 5.84 Å². The number of hydrogen-bond acceptors (Lipinski definition) is 7. The minimum atomic E-state index is -1.35. The zero-order valence-corrected chi connectivity index (χ0v) is 12.2. The van der Waals surface area contributed by atoms with Gasteiger partial charge in [-0.3, -0.25) is 40.0 Å². The summed E-state index contributed by atoms with van der Waals surface area (Å²) in [5.41, 5.74) is 3.86. The van der Waals surface area contributed by atoms with Gasteiger partial charge >= 0.3 is 11.8 Å². The van der Waals surface area contributed by atoms with Crippen molar-refractivity contribution >= 4 is 23.6 Å². The summed E-state index contributed by atoms with van der Waals surface area (Å²) >= 11 is 0. The molecule has 0 unspecified atom stereocenters. The monoisotopic (exact) mass is 328 g/mol. The first-order chi connectivity index (χ1) is 11.5. The largest absolute Gasteiger partial charge is 0.339 e. The topological polar surface area (TPSA) is 147 Å². The van der Waals surface area contributed by atoms with Crippen LogP contribution in [0.15, 0.2) is 49.1 Å². The molecule has 2 heterocycles. The molecule has 0 bridgehead atoms. The molecular weight excluding hydrogens is 316 g/mol. The summed E-state index contributed by atoms with van der Waals surface area (Å²) in [5, 5.41) is 0.278. The number of nitrogens with one attached hydrogen (secondary N) is 2. The van der Waals surface area contributed by atoms with Crippen molar-refractivity contribution in [1.29, 1.82) is 0 Å². The van der Waals surface area contributed by atoms with Crippen LogP contribution in [0.25, 0.3) is 0 Å². The van der Waals surface area contributed by atoms with Crippen molar-refractivity contribution in [2.45, 2.75) is 0 Å². The summed E-state index contributed by atoms with van der Waals surface area (Å²) in [6, 6.07) is 5.39. The van der Waals surface area contributed by atoms with Crippen molar-refractivity contribution in [3.8, 4) is 0 Å². The van der Waals surface area contributed by atoms with Gasteiger partial charge in [-0.1, -0.05) is 0 Å². The normalized spacial score (nSPS) is 9.71. The van der Waals surface area contributed by atoms with Crippen LogP contribution in [0.2, 0.25) is 0 Å². The zero-order chi connectivity index (χ0) is 17.5. The van der Waals surface area contributed by atoms with E-state index in [-0.39, 0.29) is 16.1 Å². The third kappa shape index (κ3) is 3.75. The fraction of sp³-hybridized carbons (Fsp3) is 0. The fourth-order valence-corrected chi connectivity index (χ4v) is 1.65. The minimum Gasteiger partial charge on any atom is -0.286 e. The summed E-state index contributed by atoms with van der Waals surface area (Å²) in [4.78, 5) is 55.5. The van der Waals surface area contributed by atoms with Gasteiger partial charge in [-0.05, 0) is 24.3 Å². The van der Waals surface area contributed by atoms with Crippen LogP contribution < -0.4 is 16.7 Å². The van der Waals surface area contributed by atoms with E-state index in [2.05, 4.69) is 15.4 Å². The number of rotatable bonds is 2. The number of imide groups is 1. The summed E-state index contributed by atoms with van der Waals surface area (Å²) in [7, 11) is 0. The van der Waals surface area contributed by atoms with Crippen molar-refractivity contribution in [2.75, 3.05) is 0 Å². The highest BCUT2D eigenvalue weighted by molar-refractivity contribution is 6.38. The molecule has 24 heavy (non-hydrogen) atoms. The van der Waals surface area contributed by atoms with Gasteiger partial charge in [0.1, 0.15) is 0 Å². The molecule has 10 nitrogen and oxygen atoms in total. The van der Waals surface area contributed by atoms with Crippen molar-refractivity contribution in [3.05, 3.63) is 60.2 Å². The SMILES string of the molecule is NNC(=O)C(=O)N(NC(=O)c1ccncc1)C(=O)c1ccncc1. The van der Waals surface area contributed by atoms with Crippen molar-refractivity contribution < 1.29 is 19.2 Å². The van der Waals surface area contributed by atoms with Gasteiger partial charge < -0.3 is 0 Å². The summed E-state index contributed by atoms with van der Waals surface area (Å²) in [6.45, 7) is 0. The predicted molar refractivity (Wildman–Crippen MR) is 79.4 cm³/mol. The second-order valence-corrected chi connectivity index (χ2v) is 4.33. The van der Waals surface area contributed by atoms with Crippen LogP contribution in [-0.2, 0) is 9.59 Å². The maximum atomic E-state index is 12.4. The molecule has 10 heteroatoms. The fourth-order valence-electron chi connectivity index (χ4n) is 1.65. The predicted octanol–water partition coefficient (Wildman–Crippen LogP) is -1.22. The zero-order valence-electron chi connectivity index (χ0n) is 12.2. The number of nitrogens with zero attached hydrogens (tertiary/aromatic N) is 3. The smallest absolute Gasteiger partial charge is 0.286 e. The van der Waals surface area contributed by atoms with Gasteiger partial charge in [-0.2, -0.15) is 5.01 Å². The molecule has 0 saturated carbocycles. The first kappa shape index (κ1) is 16.7. The number of hydrogen-bond donors (Lipinski definition) is 3. The maximum absolute atomic E-state index is 12.4. The molecule has 0 aromatic carbocycles. The lowest BCUT2D eigenvalue weighted by molar-refractivity contribution is -0.145. The van der Waals surface area contributed by atoms with Crippen LogP contribution >= 0.6 is 0 Å². The third-order valence-corrected chi connectivity index (χ3v) is 2.81. The molecule has 2 rings (SSSR count). The molecule has 0 aliphatic heterocycles. The molecule has 4 N–H and O–H groups in total. The van der Waals surface area contributed by atoms with E-state index in [1.54, 1.807) is 5.43 Å². The van der Waals surface area contributed by atoms with E-state index in [1.807, 2.05) is 0 Å². The number of nitrogens with two attached hydrogens (primary N) is 1. The molecule has 122 valence electrons. The van der Waals surface area contributed by atoms with Crippen molar-refractivity contribution in [2.24, 2.45) is 5.84 Å². The quantitative estimate of drug-likeness (QED) is 0.271. The second kappa shape index (κ2) is 7.56. The Bertz CT molecular complexity index is 765. The van der Waals surface area contributed by atoms with Crippen LogP contribution in [0.5, 0.6) is 0 Å². The second-order valence-electron chi connectivity index (χ2n) is 4.33. The van der Waals surface area contributed by atoms with E-state index in [1.165, 1.54) is 49.1 Å². The average Bonchev–Trinajstić information content (AvgIpc) is 2.65. The van der Waals surface area contributed by atoms with Gasteiger partial charge in [-0.15, -0.1) is 0 Å². The Morgan fingerprint density at radius 1 is 0.875 bits per heavy atom. The lowest BCUT2D eigenvalue weighted by atomic mass is 10.2. The van der Waals surface area contributed by atoms with E-state index in [0.717, 1.165) is 0 Å².